The smallest absolute Gasteiger partial charge is 0.301 e. The molecule has 1 aliphatic heterocycles. The molecule has 37 heavy (non-hydrogen) atoms. The summed E-state index contributed by atoms with van der Waals surface area (Å²) in [7, 11) is 0. The highest BCUT2D eigenvalue weighted by Crippen LogP contribution is 2.45. The Bertz CT molecular complexity index is 1530. The van der Waals surface area contributed by atoms with Gasteiger partial charge >= 0.3 is 5.91 Å². The van der Waals surface area contributed by atoms with Crippen LogP contribution in [0.1, 0.15) is 31.0 Å². The van der Waals surface area contributed by atoms with Crippen molar-refractivity contribution >= 4 is 60.1 Å². The number of anilines is 1. The molecule has 1 amide bonds. The second-order valence-electron chi connectivity index (χ2n) is 8.24. The number of thiazole rings is 1. The fourth-order valence-electron chi connectivity index (χ4n) is 4.31. The molecular weight excluding hydrogens is 556 g/mol. The van der Waals surface area contributed by atoms with Gasteiger partial charge in [0.1, 0.15) is 17.3 Å². The van der Waals surface area contributed by atoms with Gasteiger partial charge in [-0.1, -0.05) is 39.4 Å². The van der Waals surface area contributed by atoms with Gasteiger partial charge in [0.2, 0.25) is 0 Å². The Labute approximate surface area is 226 Å². The lowest BCUT2D eigenvalue weighted by atomic mass is 9.95. The van der Waals surface area contributed by atoms with Crippen molar-refractivity contribution in [2.24, 2.45) is 0 Å². The molecule has 0 bridgehead atoms. The minimum Gasteiger partial charge on any atom is -0.507 e. The van der Waals surface area contributed by atoms with Crippen LogP contribution in [0.25, 0.3) is 16.0 Å². The van der Waals surface area contributed by atoms with Gasteiger partial charge in [0.15, 0.2) is 5.13 Å². The second kappa shape index (κ2) is 10.4. The van der Waals surface area contributed by atoms with Crippen LogP contribution in [0.4, 0.5) is 5.13 Å². The van der Waals surface area contributed by atoms with Crippen molar-refractivity contribution in [1.29, 1.82) is 0 Å². The van der Waals surface area contributed by atoms with E-state index in [1.54, 1.807) is 24.3 Å². The van der Waals surface area contributed by atoms with Crippen LogP contribution in [0.2, 0.25) is 0 Å². The van der Waals surface area contributed by atoms with Gasteiger partial charge in [0.05, 0.1) is 35.0 Å². The predicted octanol–water partition coefficient (Wildman–Crippen LogP) is 6.48. The fraction of sp³-hybridized carbons (Fsp3) is 0.179. The molecule has 1 unspecified atom stereocenters. The zero-order valence-electron chi connectivity index (χ0n) is 20.1. The first-order valence-electron chi connectivity index (χ1n) is 11.7. The number of aliphatic hydroxyl groups is 1. The Balaban J connectivity index is 1.66. The topological polar surface area (TPSA) is 89.0 Å². The summed E-state index contributed by atoms with van der Waals surface area (Å²) < 4.78 is 12.7. The SMILES string of the molecule is CCOc1ccc(C(O)=C2C(=O)C(=O)N(c3nc4ccc(OCC)cc4s3)C2c2cccc(Br)c2)cc1. The van der Waals surface area contributed by atoms with Gasteiger partial charge in [-0.25, -0.2) is 4.98 Å². The highest BCUT2D eigenvalue weighted by molar-refractivity contribution is 9.10. The van der Waals surface area contributed by atoms with Crippen molar-refractivity contribution in [3.63, 3.8) is 0 Å². The summed E-state index contributed by atoms with van der Waals surface area (Å²) in [5.74, 6) is -0.434. The molecule has 2 heterocycles. The number of halogens is 1. The van der Waals surface area contributed by atoms with E-state index in [2.05, 4.69) is 20.9 Å². The average Bonchev–Trinajstić information content (AvgIpc) is 3.42. The van der Waals surface area contributed by atoms with Gasteiger partial charge in [-0.2, -0.15) is 0 Å². The van der Waals surface area contributed by atoms with Crippen LogP contribution in [-0.4, -0.2) is 35.0 Å². The van der Waals surface area contributed by atoms with E-state index in [0.717, 1.165) is 9.17 Å². The molecule has 3 aromatic carbocycles. The van der Waals surface area contributed by atoms with E-state index < -0.39 is 17.7 Å². The van der Waals surface area contributed by atoms with Crippen molar-refractivity contribution in [1.82, 2.24) is 4.98 Å². The van der Waals surface area contributed by atoms with Gasteiger partial charge in [-0.05, 0) is 74.0 Å². The summed E-state index contributed by atoms with van der Waals surface area (Å²) in [6, 6.07) is 18.7. The average molecular weight is 579 g/mol. The first kappa shape index (κ1) is 25.0. The number of hydrogen-bond acceptors (Lipinski definition) is 7. The summed E-state index contributed by atoms with van der Waals surface area (Å²) in [6.07, 6.45) is 0. The number of carbonyl (C=O) groups excluding carboxylic acids is 2. The van der Waals surface area contributed by atoms with Crippen molar-refractivity contribution in [2.45, 2.75) is 19.9 Å². The van der Waals surface area contributed by atoms with E-state index >= 15 is 0 Å². The number of benzene rings is 3. The maximum absolute atomic E-state index is 13.4. The first-order valence-corrected chi connectivity index (χ1v) is 13.3. The molecule has 5 rings (SSSR count). The number of nitrogens with zero attached hydrogens (tertiary/aromatic N) is 2. The Kier molecular flexibility index (Phi) is 6.99. The monoisotopic (exact) mass is 578 g/mol. The van der Waals surface area contributed by atoms with Crippen LogP contribution in [0.15, 0.2) is 76.8 Å². The Morgan fingerprint density at radius 2 is 1.70 bits per heavy atom. The van der Waals surface area contributed by atoms with Crippen LogP contribution in [0, 0.1) is 0 Å². The maximum atomic E-state index is 13.4. The van der Waals surface area contributed by atoms with E-state index in [4.69, 9.17) is 9.47 Å². The summed E-state index contributed by atoms with van der Waals surface area (Å²) >= 11 is 4.77. The molecule has 0 radical (unpaired) electrons. The second-order valence-corrected chi connectivity index (χ2v) is 10.2. The highest BCUT2D eigenvalue weighted by Gasteiger charge is 2.48. The number of ketones is 1. The Morgan fingerprint density at radius 1 is 1.00 bits per heavy atom. The minimum atomic E-state index is -0.865. The molecule has 1 saturated heterocycles. The van der Waals surface area contributed by atoms with E-state index in [-0.39, 0.29) is 11.3 Å². The van der Waals surface area contributed by atoms with Crippen molar-refractivity contribution in [2.75, 3.05) is 18.1 Å². The molecule has 9 heteroatoms. The van der Waals surface area contributed by atoms with Crippen LogP contribution in [-0.2, 0) is 9.59 Å². The lowest BCUT2D eigenvalue weighted by molar-refractivity contribution is -0.132. The molecule has 7 nitrogen and oxygen atoms in total. The third-order valence-electron chi connectivity index (χ3n) is 5.91. The molecule has 1 atom stereocenters. The lowest BCUT2D eigenvalue weighted by Crippen LogP contribution is -2.29. The van der Waals surface area contributed by atoms with E-state index in [1.165, 1.54) is 16.2 Å². The number of rotatable bonds is 7. The van der Waals surface area contributed by atoms with Crippen molar-refractivity contribution < 1.29 is 24.2 Å². The van der Waals surface area contributed by atoms with Gasteiger partial charge < -0.3 is 14.6 Å². The number of aliphatic hydroxyl groups excluding tert-OH is 1. The van der Waals surface area contributed by atoms with E-state index in [1.807, 2.05) is 56.3 Å². The minimum absolute atomic E-state index is 0.00141. The number of amides is 1. The quantitative estimate of drug-likeness (QED) is 0.153. The third-order valence-corrected chi connectivity index (χ3v) is 7.42. The zero-order chi connectivity index (χ0) is 26.1. The molecule has 0 spiro atoms. The normalized spacial score (nSPS) is 16.9. The van der Waals surface area contributed by atoms with Crippen LogP contribution in [0.5, 0.6) is 11.5 Å². The molecule has 1 N–H and O–H groups in total. The zero-order valence-corrected chi connectivity index (χ0v) is 22.5. The first-order chi connectivity index (χ1) is 17.9. The van der Waals surface area contributed by atoms with Gasteiger partial charge in [0, 0.05) is 10.0 Å². The van der Waals surface area contributed by atoms with Crippen LogP contribution < -0.4 is 14.4 Å². The molecular formula is C28H23BrN2O5S. The van der Waals surface area contributed by atoms with E-state index in [0.29, 0.717) is 46.5 Å². The number of Topliss-reactive ketones (excluding diaryl/α,β-unsaturated/α-hetero) is 1. The number of aromatic nitrogens is 1. The van der Waals surface area contributed by atoms with Crippen LogP contribution >= 0.6 is 27.3 Å². The number of fused-ring (bicyclic) bond motifs is 1. The lowest BCUT2D eigenvalue weighted by Gasteiger charge is -2.23. The summed E-state index contributed by atoms with van der Waals surface area (Å²) in [5.41, 5.74) is 1.76. The highest BCUT2D eigenvalue weighted by atomic mass is 79.9. The van der Waals surface area contributed by atoms with Crippen LogP contribution in [0.3, 0.4) is 0 Å². The van der Waals surface area contributed by atoms with Crippen molar-refractivity contribution in [3.05, 3.63) is 87.9 Å². The molecule has 0 aliphatic carbocycles. The molecule has 1 aliphatic rings. The maximum Gasteiger partial charge on any atom is 0.301 e. The van der Waals surface area contributed by atoms with Gasteiger partial charge in [-0.15, -0.1) is 0 Å². The van der Waals surface area contributed by atoms with E-state index in [9.17, 15) is 14.7 Å². The summed E-state index contributed by atoms with van der Waals surface area (Å²) in [6.45, 7) is 4.82. The molecule has 1 aromatic heterocycles. The summed E-state index contributed by atoms with van der Waals surface area (Å²) in [5, 5.41) is 11.7. The predicted molar refractivity (Wildman–Crippen MR) is 147 cm³/mol. The number of ether oxygens (including phenoxy) is 2. The number of carbonyl (C=O) groups is 2. The van der Waals surface area contributed by atoms with Crippen molar-refractivity contribution in [3.8, 4) is 11.5 Å². The molecule has 1 fully saturated rings. The van der Waals surface area contributed by atoms with Gasteiger partial charge in [0.25, 0.3) is 5.78 Å². The standard InChI is InChI=1S/C28H23BrN2O5S/c1-3-35-19-10-8-16(9-11-19)25(32)23-24(17-6-5-7-18(29)14-17)31(27(34)26(23)33)28-30-21-13-12-20(36-4-2)15-22(21)37-28/h5-15,24,32H,3-4H2,1-2H3. The molecule has 0 saturated carbocycles. The Morgan fingerprint density at radius 3 is 2.41 bits per heavy atom. The third kappa shape index (κ3) is 4.72. The largest absolute Gasteiger partial charge is 0.507 e. The molecule has 188 valence electrons. The molecule has 4 aromatic rings. The van der Waals surface area contributed by atoms with Gasteiger partial charge in [-0.3, -0.25) is 14.5 Å². The number of hydrogen-bond donors (Lipinski definition) is 1. The Hall–Kier alpha value is -3.69. The fourth-order valence-corrected chi connectivity index (χ4v) is 5.74. The summed E-state index contributed by atoms with van der Waals surface area (Å²) in [4.78, 5) is 32.9.